The first-order chi connectivity index (χ1) is 15.4. The van der Waals surface area contributed by atoms with E-state index in [4.69, 9.17) is 0 Å². The molecule has 8 nitrogen and oxygen atoms in total. The van der Waals surface area contributed by atoms with E-state index in [1.54, 1.807) is 18.2 Å². The van der Waals surface area contributed by atoms with E-state index in [9.17, 15) is 19.2 Å². The number of carbonyl (C=O) groups excluding carboxylic acids is 2. The van der Waals surface area contributed by atoms with Crippen LogP contribution in [0.4, 0.5) is 5.69 Å². The Hall–Kier alpha value is -3.68. The standard InChI is InChI=1S/C24H24N4O4/c29-20(25-16-8-9-18-19(12-16)27-22(31)21(30)26-18)13-24(10-4-1-5-11-24)28-14-15-6-2-3-7-17(15)23(28)32/h2-3,6-9,12H,1,4-5,10-11,13-14H2,(H,25,29)(H,26,30)(H,27,31). The number of nitrogens with zero attached hydrogens (tertiary/aromatic N) is 1. The van der Waals surface area contributed by atoms with Crippen molar-refractivity contribution < 1.29 is 9.59 Å². The fourth-order valence-electron chi connectivity index (χ4n) is 5.09. The summed E-state index contributed by atoms with van der Waals surface area (Å²) in [5.41, 5.74) is 1.21. The van der Waals surface area contributed by atoms with Crippen LogP contribution < -0.4 is 16.4 Å². The summed E-state index contributed by atoms with van der Waals surface area (Å²) in [6.07, 6.45) is 4.89. The summed E-state index contributed by atoms with van der Waals surface area (Å²) in [5.74, 6) is -0.177. The van der Waals surface area contributed by atoms with Gasteiger partial charge in [-0.3, -0.25) is 19.2 Å². The van der Waals surface area contributed by atoms with Crippen molar-refractivity contribution in [2.24, 2.45) is 0 Å². The molecule has 1 aromatic heterocycles. The Bertz CT molecular complexity index is 1330. The summed E-state index contributed by atoms with van der Waals surface area (Å²) >= 11 is 0. The highest BCUT2D eigenvalue weighted by Gasteiger charge is 2.45. The maximum absolute atomic E-state index is 13.2. The van der Waals surface area contributed by atoms with Crippen molar-refractivity contribution >= 4 is 28.5 Å². The van der Waals surface area contributed by atoms with Crippen LogP contribution in [0, 0.1) is 0 Å². The molecule has 1 aliphatic carbocycles. The zero-order chi connectivity index (χ0) is 22.3. The van der Waals surface area contributed by atoms with Gasteiger partial charge in [0.1, 0.15) is 0 Å². The first-order valence-electron chi connectivity index (χ1n) is 10.9. The van der Waals surface area contributed by atoms with Gasteiger partial charge in [-0.25, -0.2) is 0 Å². The molecule has 2 amide bonds. The summed E-state index contributed by atoms with van der Waals surface area (Å²) in [6.45, 7) is 0.535. The quantitative estimate of drug-likeness (QED) is 0.550. The topological polar surface area (TPSA) is 115 Å². The SMILES string of the molecule is O=C(CC1(N2Cc3ccccc3C2=O)CCCCC1)Nc1ccc2[nH]c(=O)c(=O)[nH]c2c1. The van der Waals surface area contributed by atoms with E-state index < -0.39 is 16.7 Å². The second-order valence-corrected chi connectivity index (χ2v) is 8.73. The molecular weight excluding hydrogens is 408 g/mol. The Kier molecular flexibility index (Phi) is 4.92. The van der Waals surface area contributed by atoms with Crippen LogP contribution >= 0.6 is 0 Å². The molecule has 1 fully saturated rings. The highest BCUT2D eigenvalue weighted by molar-refractivity contribution is 6.00. The fourth-order valence-corrected chi connectivity index (χ4v) is 5.09. The molecule has 2 aromatic carbocycles. The van der Waals surface area contributed by atoms with Crippen LogP contribution in [0.2, 0.25) is 0 Å². The van der Waals surface area contributed by atoms with E-state index in [-0.39, 0.29) is 18.2 Å². The molecule has 2 heterocycles. The third-order valence-corrected chi connectivity index (χ3v) is 6.67. The van der Waals surface area contributed by atoms with Gasteiger partial charge in [0.25, 0.3) is 5.91 Å². The van der Waals surface area contributed by atoms with Crippen molar-refractivity contribution in [3.8, 4) is 0 Å². The molecule has 2 aliphatic rings. The van der Waals surface area contributed by atoms with Gasteiger partial charge in [0.15, 0.2) is 0 Å². The van der Waals surface area contributed by atoms with Gasteiger partial charge in [0, 0.05) is 17.8 Å². The molecule has 32 heavy (non-hydrogen) atoms. The highest BCUT2D eigenvalue weighted by atomic mass is 16.2. The average molecular weight is 432 g/mol. The third-order valence-electron chi connectivity index (χ3n) is 6.67. The summed E-state index contributed by atoms with van der Waals surface area (Å²) in [5, 5.41) is 2.91. The van der Waals surface area contributed by atoms with Crippen LogP contribution in [-0.4, -0.2) is 32.2 Å². The number of fused-ring (bicyclic) bond motifs is 2. The number of benzene rings is 2. The minimum absolute atomic E-state index is 0.00235. The van der Waals surface area contributed by atoms with Crippen molar-refractivity contribution in [3.05, 3.63) is 74.3 Å². The number of hydrogen-bond donors (Lipinski definition) is 3. The van der Waals surface area contributed by atoms with Gasteiger partial charge < -0.3 is 20.2 Å². The molecule has 8 heteroatoms. The van der Waals surface area contributed by atoms with E-state index in [0.29, 0.717) is 23.3 Å². The molecule has 0 spiro atoms. The number of carbonyl (C=O) groups is 2. The van der Waals surface area contributed by atoms with E-state index in [1.165, 1.54) is 0 Å². The van der Waals surface area contributed by atoms with Crippen molar-refractivity contribution in [3.63, 3.8) is 0 Å². The van der Waals surface area contributed by atoms with Crippen molar-refractivity contribution in [1.82, 2.24) is 14.9 Å². The zero-order valence-electron chi connectivity index (χ0n) is 17.6. The number of aromatic nitrogens is 2. The third kappa shape index (κ3) is 3.51. The Labute approximate surface area is 183 Å². The van der Waals surface area contributed by atoms with Gasteiger partial charge in [0.05, 0.1) is 23.0 Å². The molecule has 1 saturated carbocycles. The van der Waals surface area contributed by atoms with Crippen LogP contribution in [0.15, 0.2) is 52.1 Å². The molecule has 3 N–H and O–H groups in total. The summed E-state index contributed by atoms with van der Waals surface area (Å²) in [7, 11) is 0. The predicted molar refractivity (Wildman–Crippen MR) is 121 cm³/mol. The van der Waals surface area contributed by atoms with E-state index >= 15 is 0 Å². The molecular formula is C24H24N4O4. The molecule has 0 bridgehead atoms. The van der Waals surface area contributed by atoms with Crippen LogP contribution in [-0.2, 0) is 11.3 Å². The van der Waals surface area contributed by atoms with Crippen molar-refractivity contribution in [1.29, 1.82) is 0 Å². The van der Waals surface area contributed by atoms with Gasteiger partial charge in [-0.2, -0.15) is 0 Å². The predicted octanol–water partition coefficient (Wildman–Crippen LogP) is 2.90. The van der Waals surface area contributed by atoms with E-state index in [0.717, 1.165) is 43.2 Å². The monoisotopic (exact) mass is 432 g/mol. The normalized spacial score (nSPS) is 17.4. The molecule has 5 rings (SSSR count). The maximum atomic E-state index is 13.2. The number of H-pyrrole nitrogens is 2. The van der Waals surface area contributed by atoms with Crippen molar-refractivity contribution in [2.75, 3.05) is 5.32 Å². The Morgan fingerprint density at radius 3 is 2.41 bits per heavy atom. The molecule has 0 unspecified atom stereocenters. The molecule has 0 radical (unpaired) electrons. The molecule has 1 aliphatic heterocycles. The summed E-state index contributed by atoms with van der Waals surface area (Å²) in [6, 6.07) is 12.6. The van der Waals surface area contributed by atoms with Crippen LogP contribution in [0.25, 0.3) is 11.0 Å². The zero-order valence-corrected chi connectivity index (χ0v) is 17.6. The van der Waals surface area contributed by atoms with Crippen LogP contribution in [0.3, 0.4) is 0 Å². The second-order valence-electron chi connectivity index (χ2n) is 8.73. The first-order valence-corrected chi connectivity index (χ1v) is 10.9. The van der Waals surface area contributed by atoms with Gasteiger partial charge in [0.2, 0.25) is 5.91 Å². The molecule has 164 valence electrons. The second kappa shape index (κ2) is 7.78. The Morgan fingerprint density at radius 2 is 1.66 bits per heavy atom. The highest BCUT2D eigenvalue weighted by Crippen LogP contribution is 2.41. The number of aromatic amines is 2. The number of anilines is 1. The molecule has 0 atom stereocenters. The summed E-state index contributed by atoms with van der Waals surface area (Å²) in [4.78, 5) is 56.3. The lowest BCUT2D eigenvalue weighted by Gasteiger charge is -2.44. The lowest BCUT2D eigenvalue weighted by Crippen LogP contribution is -2.52. The Balaban J connectivity index is 1.39. The van der Waals surface area contributed by atoms with E-state index in [1.807, 2.05) is 29.2 Å². The first kappa shape index (κ1) is 20.2. The van der Waals surface area contributed by atoms with E-state index in [2.05, 4.69) is 15.3 Å². The lowest BCUT2D eigenvalue weighted by molar-refractivity contribution is -0.119. The Morgan fingerprint density at radius 1 is 0.938 bits per heavy atom. The number of nitrogens with one attached hydrogen (secondary N) is 3. The van der Waals surface area contributed by atoms with Gasteiger partial charge in [-0.15, -0.1) is 0 Å². The summed E-state index contributed by atoms with van der Waals surface area (Å²) < 4.78 is 0. The average Bonchev–Trinajstić information content (AvgIpc) is 3.13. The van der Waals surface area contributed by atoms with Crippen LogP contribution in [0.5, 0.6) is 0 Å². The minimum Gasteiger partial charge on any atom is -0.328 e. The maximum Gasteiger partial charge on any atom is 0.314 e. The van der Waals surface area contributed by atoms with Gasteiger partial charge in [-0.05, 0) is 42.7 Å². The fraction of sp³-hybridized carbons (Fsp3) is 0.333. The number of hydrogen-bond acceptors (Lipinski definition) is 4. The molecule has 3 aromatic rings. The number of rotatable bonds is 4. The minimum atomic E-state index is -0.741. The smallest absolute Gasteiger partial charge is 0.314 e. The van der Waals surface area contributed by atoms with Crippen LogP contribution in [0.1, 0.15) is 54.4 Å². The largest absolute Gasteiger partial charge is 0.328 e. The lowest BCUT2D eigenvalue weighted by atomic mass is 9.77. The van der Waals surface area contributed by atoms with Gasteiger partial charge >= 0.3 is 11.1 Å². The van der Waals surface area contributed by atoms with Crippen molar-refractivity contribution in [2.45, 2.75) is 50.6 Å². The van der Waals surface area contributed by atoms with Gasteiger partial charge in [-0.1, -0.05) is 37.5 Å². The molecule has 0 saturated heterocycles. The number of amides is 2.